The number of hydrogen-bond acceptors (Lipinski definition) is 5. The van der Waals surface area contributed by atoms with Gasteiger partial charge in [-0.1, -0.05) is 0 Å². The topological polar surface area (TPSA) is 90.7 Å². The van der Waals surface area contributed by atoms with Crippen molar-refractivity contribution in [2.75, 3.05) is 32.1 Å². The van der Waals surface area contributed by atoms with Gasteiger partial charge in [0.15, 0.2) is 11.5 Å². The van der Waals surface area contributed by atoms with E-state index < -0.39 is 35.7 Å². The molecule has 6 nitrogen and oxygen atoms in total. The fourth-order valence-corrected chi connectivity index (χ4v) is 2.92. The van der Waals surface area contributed by atoms with E-state index in [-0.39, 0.29) is 24.6 Å². The highest BCUT2D eigenvalue weighted by Gasteiger charge is 2.27. The van der Waals surface area contributed by atoms with E-state index in [9.17, 15) is 17.8 Å². The molecule has 0 saturated heterocycles. The summed E-state index contributed by atoms with van der Waals surface area (Å²) in [5.74, 6) is -2.61. The number of rotatable bonds is 7. The molecule has 1 unspecified atom stereocenters. The molecule has 3 N–H and O–H groups in total. The summed E-state index contributed by atoms with van der Waals surface area (Å²) in [6.45, 7) is -0.778. The molecule has 1 aliphatic rings. The number of amides is 1. The van der Waals surface area contributed by atoms with Crippen LogP contribution < -0.4 is 20.5 Å². The maximum Gasteiger partial charge on any atom is 0.277 e. The normalized spacial score (nSPS) is 14.5. The van der Waals surface area contributed by atoms with Gasteiger partial charge in [-0.15, -0.1) is 12.4 Å². The number of hydrogen-bond donors (Lipinski definition) is 2. The monoisotopic (exact) mass is 384 g/mol. The molecule has 1 aromatic rings. The summed E-state index contributed by atoms with van der Waals surface area (Å²) < 4.78 is 48.7. The second-order valence-electron chi connectivity index (χ2n) is 4.94. The van der Waals surface area contributed by atoms with Crippen molar-refractivity contribution in [3.63, 3.8) is 0 Å². The van der Waals surface area contributed by atoms with E-state index >= 15 is 0 Å². The number of carbonyl (C=O) groups is 1. The molecule has 1 atom stereocenters. The maximum absolute atomic E-state index is 12.9. The van der Waals surface area contributed by atoms with Crippen LogP contribution in [0.2, 0.25) is 0 Å². The van der Waals surface area contributed by atoms with Gasteiger partial charge in [-0.25, -0.2) is 8.78 Å². The molecule has 136 valence electrons. The summed E-state index contributed by atoms with van der Waals surface area (Å²) in [5.41, 5.74) is 4.87. The molecular weight excluding hydrogens is 366 g/mol. The summed E-state index contributed by atoms with van der Waals surface area (Å²) in [6, 6.07) is 4.89. The Hall–Kier alpha value is -1.45. The standard InChI is InChI=1S/C14H18F2N2O4S.ClH/c15-14(16,8-17)9-18-13(19)3-6-23(20)10-1-2-11-12(7-10)22-5-4-21-11;/h1-2,7H,3-6,8-9,17H2,(H,18,19);1H. The van der Waals surface area contributed by atoms with Gasteiger partial charge in [-0.05, 0) is 12.1 Å². The third-order valence-electron chi connectivity index (χ3n) is 3.13. The first-order valence-electron chi connectivity index (χ1n) is 7.04. The molecule has 1 aromatic carbocycles. The Morgan fingerprint density at radius 2 is 1.96 bits per heavy atom. The first-order chi connectivity index (χ1) is 10.9. The number of alkyl halides is 2. The number of carbonyl (C=O) groups excluding carboxylic acids is 1. The van der Waals surface area contributed by atoms with Crippen molar-refractivity contribution in [3.05, 3.63) is 18.2 Å². The Morgan fingerprint density at radius 3 is 2.62 bits per heavy atom. The molecule has 2 rings (SSSR count). The first kappa shape index (κ1) is 20.6. The largest absolute Gasteiger partial charge is 0.486 e. The summed E-state index contributed by atoms with van der Waals surface area (Å²) in [5, 5.41) is 2.08. The second-order valence-corrected chi connectivity index (χ2v) is 6.51. The van der Waals surface area contributed by atoms with Gasteiger partial charge in [0, 0.05) is 23.1 Å². The van der Waals surface area contributed by atoms with Crippen LogP contribution in [0, 0.1) is 0 Å². The van der Waals surface area contributed by atoms with Crippen LogP contribution in [0.1, 0.15) is 6.42 Å². The molecule has 10 heteroatoms. The number of ether oxygens (including phenoxy) is 2. The van der Waals surface area contributed by atoms with Crippen LogP contribution in [0.4, 0.5) is 8.78 Å². The molecule has 1 aliphatic heterocycles. The third kappa shape index (κ3) is 5.88. The molecule has 0 fully saturated rings. The van der Waals surface area contributed by atoms with Crippen molar-refractivity contribution in [1.29, 1.82) is 0 Å². The number of fused-ring (bicyclic) bond motifs is 1. The van der Waals surface area contributed by atoms with Crippen LogP contribution in [-0.4, -0.2) is 48.1 Å². The van der Waals surface area contributed by atoms with Crippen LogP contribution in [-0.2, 0) is 15.6 Å². The molecular formula is C14H19ClF2N2O4S. The van der Waals surface area contributed by atoms with E-state index in [2.05, 4.69) is 5.32 Å². The van der Waals surface area contributed by atoms with Crippen LogP contribution in [0.5, 0.6) is 11.5 Å². The van der Waals surface area contributed by atoms with Gasteiger partial charge >= 0.3 is 0 Å². The number of halogens is 3. The van der Waals surface area contributed by atoms with Crippen LogP contribution in [0.15, 0.2) is 23.1 Å². The minimum Gasteiger partial charge on any atom is -0.486 e. The van der Waals surface area contributed by atoms with Gasteiger partial charge in [0.05, 0.1) is 23.9 Å². The van der Waals surface area contributed by atoms with Crippen molar-refractivity contribution in [2.45, 2.75) is 17.2 Å². The van der Waals surface area contributed by atoms with Crippen molar-refractivity contribution in [2.24, 2.45) is 5.73 Å². The third-order valence-corrected chi connectivity index (χ3v) is 4.49. The molecule has 1 amide bonds. The minimum absolute atomic E-state index is 0. The van der Waals surface area contributed by atoms with E-state index in [0.29, 0.717) is 29.6 Å². The Morgan fingerprint density at radius 1 is 1.29 bits per heavy atom. The Kier molecular flexibility index (Phi) is 7.85. The van der Waals surface area contributed by atoms with Gasteiger partial charge in [-0.2, -0.15) is 0 Å². The molecule has 24 heavy (non-hydrogen) atoms. The van der Waals surface area contributed by atoms with Crippen LogP contribution in [0.3, 0.4) is 0 Å². The highest BCUT2D eigenvalue weighted by molar-refractivity contribution is 7.85. The van der Waals surface area contributed by atoms with Gasteiger partial charge in [0.1, 0.15) is 13.2 Å². The summed E-state index contributed by atoms with van der Waals surface area (Å²) in [4.78, 5) is 12.0. The van der Waals surface area contributed by atoms with Gasteiger partial charge in [0.25, 0.3) is 5.92 Å². The Labute approximate surface area is 146 Å². The number of nitrogens with two attached hydrogens (primary N) is 1. The van der Waals surface area contributed by atoms with E-state index in [1.54, 1.807) is 18.2 Å². The maximum atomic E-state index is 12.9. The molecule has 0 aromatic heterocycles. The molecule has 1 heterocycles. The molecule has 0 aliphatic carbocycles. The number of benzene rings is 1. The lowest BCUT2D eigenvalue weighted by Gasteiger charge is -2.18. The molecule has 0 radical (unpaired) electrons. The van der Waals surface area contributed by atoms with Crippen molar-refractivity contribution >= 4 is 29.1 Å². The minimum atomic E-state index is -3.13. The zero-order chi connectivity index (χ0) is 16.9. The molecule has 0 spiro atoms. The summed E-state index contributed by atoms with van der Waals surface area (Å²) >= 11 is 0. The van der Waals surface area contributed by atoms with Crippen molar-refractivity contribution < 1.29 is 27.3 Å². The average molecular weight is 385 g/mol. The van der Waals surface area contributed by atoms with E-state index in [1.807, 2.05) is 0 Å². The van der Waals surface area contributed by atoms with Gasteiger partial charge in [-0.3, -0.25) is 9.00 Å². The average Bonchev–Trinajstić information content (AvgIpc) is 2.57. The smallest absolute Gasteiger partial charge is 0.277 e. The second kappa shape index (κ2) is 9.14. The predicted octanol–water partition coefficient (Wildman–Crippen LogP) is 1.09. The van der Waals surface area contributed by atoms with Gasteiger partial charge < -0.3 is 20.5 Å². The molecule has 0 saturated carbocycles. The quantitative estimate of drug-likeness (QED) is 0.734. The fourth-order valence-electron chi connectivity index (χ4n) is 1.86. The zero-order valence-corrected chi connectivity index (χ0v) is 14.4. The fraction of sp³-hybridized carbons (Fsp3) is 0.500. The summed E-state index contributed by atoms with van der Waals surface area (Å²) in [6.07, 6.45) is -0.123. The van der Waals surface area contributed by atoms with E-state index in [0.717, 1.165) is 0 Å². The van der Waals surface area contributed by atoms with Crippen LogP contribution in [0.25, 0.3) is 0 Å². The highest BCUT2D eigenvalue weighted by Crippen LogP contribution is 2.31. The van der Waals surface area contributed by atoms with E-state index in [4.69, 9.17) is 15.2 Å². The Bertz CT molecular complexity index is 604. The van der Waals surface area contributed by atoms with Gasteiger partial charge in [0.2, 0.25) is 5.91 Å². The van der Waals surface area contributed by atoms with Crippen LogP contribution >= 0.6 is 12.4 Å². The SMILES string of the molecule is Cl.NCC(F)(F)CNC(=O)CCS(=O)c1ccc2c(c1)OCCO2. The lowest BCUT2D eigenvalue weighted by Crippen LogP contribution is -2.41. The lowest BCUT2D eigenvalue weighted by molar-refractivity contribution is -0.122. The highest BCUT2D eigenvalue weighted by atomic mass is 35.5. The summed E-state index contributed by atoms with van der Waals surface area (Å²) in [7, 11) is -1.44. The Balaban J connectivity index is 0.00000288. The van der Waals surface area contributed by atoms with E-state index in [1.165, 1.54) is 0 Å². The lowest BCUT2D eigenvalue weighted by atomic mass is 10.3. The first-order valence-corrected chi connectivity index (χ1v) is 8.36. The van der Waals surface area contributed by atoms with Crippen molar-refractivity contribution in [1.82, 2.24) is 5.32 Å². The predicted molar refractivity (Wildman–Crippen MR) is 87.6 cm³/mol. The van der Waals surface area contributed by atoms with Crippen molar-refractivity contribution in [3.8, 4) is 11.5 Å². The molecule has 0 bridgehead atoms. The zero-order valence-electron chi connectivity index (χ0n) is 12.8. The number of nitrogens with one attached hydrogen (secondary N) is 1.